The largest absolute Gasteiger partial charge is 0.379 e. The molecular formula is C10H16BrNO2. The number of nitrogens with zero attached hydrogens (tertiary/aromatic N) is 1. The third-order valence-corrected chi connectivity index (χ3v) is 3.56. The molecule has 2 atom stereocenters. The van der Waals surface area contributed by atoms with Gasteiger partial charge >= 0.3 is 0 Å². The van der Waals surface area contributed by atoms with Crippen LogP contribution in [0.25, 0.3) is 0 Å². The summed E-state index contributed by atoms with van der Waals surface area (Å²) in [5.41, 5.74) is 0. The molecule has 2 heterocycles. The van der Waals surface area contributed by atoms with Crippen molar-refractivity contribution < 1.29 is 9.53 Å². The number of ether oxygens (including phenoxy) is 1. The molecule has 2 fully saturated rings. The first-order valence-corrected chi connectivity index (χ1v) is 6.38. The van der Waals surface area contributed by atoms with Crippen molar-refractivity contribution in [1.82, 2.24) is 4.90 Å². The average molecular weight is 262 g/mol. The molecule has 2 unspecified atom stereocenters. The van der Waals surface area contributed by atoms with Crippen LogP contribution in [0, 0.1) is 5.92 Å². The highest BCUT2D eigenvalue weighted by Crippen LogP contribution is 2.29. The monoisotopic (exact) mass is 261 g/mol. The Hall–Kier alpha value is -0.0900. The normalized spacial score (nSPS) is 31.6. The standard InChI is InChI=1S/C10H16BrNO2/c11-4-3-10(13)12-5-1-2-8-6-14-7-9(8)12/h8-9H,1-7H2. The number of alkyl halides is 1. The maximum Gasteiger partial charge on any atom is 0.223 e. The summed E-state index contributed by atoms with van der Waals surface area (Å²) in [5.74, 6) is 0.880. The molecule has 0 N–H and O–H groups in total. The Morgan fingerprint density at radius 3 is 3.14 bits per heavy atom. The van der Waals surface area contributed by atoms with Crippen LogP contribution in [-0.4, -0.2) is 41.9 Å². The molecule has 0 aliphatic carbocycles. The molecule has 2 rings (SSSR count). The highest BCUT2D eigenvalue weighted by atomic mass is 79.9. The SMILES string of the molecule is O=C(CCBr)N1CCCC2COCC21. The number of rotatable bonds is 2. The van der Waals surface area contributed by atoms with Gasteiger partial charge in [-0.3, -0.25) is 4.79 Å². The van der Waals surface area contributed by atoms with E-state index in [0.717, 1.165) is 31.5 Å². The highest BCUT2D eigenvalue weighted by molar-refractivity contribution is 9.09. The van der Waals surface area contributed by atoms with Crippen LogP contribution in [0.4, 0.5) is 0 Å². The summed E-state index contributed by atoms with van der Waals surface area (Å²) >= 11 is 3.31. The summed E-state index contributed by atoms with van der Waals surface area (Å²) < 4.78 is 5.44. The molecule has 2 aliphatic heterocycles. The van der Waals surface area contributed by atoms with Crippen molar-refractivity contribution in [1.29, 1.82) is 0 Å². The lowest BCUT2D eigenvalue weighted by Gasteiger charge is -2.36. The third-order valence-electron chi connectivity index (χ3n) is 3.17. The van der Waals surface area contributed by atoms with Crippen LogP contribution in [0.15, 0.2) is 0 Å². The first-order chi connectivity index (χ1) is 6.83. The van der Waals surface area contributed by atoms with Gasteiger partial charge in [0.1, 0.15) is 0 Å². The molecular weight excluding hydrogens is 246 g/mol. The molecule has 2 aliphatic rings. The molecule has 4 heteroatoms. The molecule has 0 saturated carbocycles. The molecule has 2 saturated heterocycles. The smallest absolute Gasteiger partial charge is 0.223 e. The van der Waals surface area contributed by atoms with Gasteiger partial charge in [-0.25, -0.2) is 0 Å². The summed E-state index contributed by atoms with van der Waals surface area (Å²) in [5, 5.41) is 0.764. The van der Waals surface area contributed by atoms with Crippen LogP contribution in [0.2, 0.25) is 0 Å². The lowest BCUT2D eigenvalue weighted by molar-refractivity contribution is -0.135. The van der Waals surface area contributed by atoms with Gasteiger partial charge in [-0.1, -0.05) is 15.9 Å². The number of hydrogen-bond donors (Lipinski definition) is 0. The van der Waals surface area contributed by atoms with E-state index in [4.69, 9.17) is 4.74 Å². The molecule has 0 aromatic rings. The first kappa shape index (κ1) is 10.4. The molecule has 0 radical (unpaired) electrons. The zero-order valence-corrected chi connectivity index (χ0v) is 9.83. The summed E-state index contributed by atoms with van der Waals surface area (Å²) in [6.45, 7) is 2.53. The van der Waals surface area contributed by atoms with Gasteiger partial charge in [-0.05, 0) is 12.8 Å². The van der Waals surface area contributed by atoms with Crippen LogP contribution in [0.5, 0.6) is 0 Å². The van der Waals surface area contributed by atoms with E-state index in [0.29, 0.717) is 18.4 Å². The predicted octanol–water partition coefficient (Wildman–Crippen LogP) is 1.41. The number of carbonyl (C=O) groups excluding carboxylic acids is 1. The zero-order chi connectivity index (χ0) is 9.97. The molecule has 14 heavy (non-hydrogen) atoms. The minimum Gasteiger partial charge on any atom is -0.379 e. The Morgan fingerprint density at radius 1 is 1.50 bits per heavy atom. The fourth-order valence-electron chi connectivity index (χ4n) is 2.43. The quantitative estimate of drug-likeness (QED) is 0.704. The molecule has 80 valence electrons. The Labute approximate surface area is 92.9 Å². The van der Waals surface area contributed by atoms with Gasteiger partial charge in [0.25, 0.3) is 0 Å². The fourth-order valence-corrected chi connectivity index (χ4v) is 2.77. The number of amides is 1. The van der Waals surface area contributed by atoms with Crippen LogP contribution in [0.3, 0.4) is 0 Å². The topological polar surface area (TPSA) is 29.5 Å². The first-order valence-electron chi connectivity index (χ1n) is 5.26. The van der Waals surface area contributed by atoms with E-state index in [9.17, 15) is 4.79 Å². The van der Waals surface area contributed by atoms with Gasteiger partial charge in [-0.15, -0.1) is 0 Å². The van der Waals surface area contributed by atoms with Gasteiger partial charge in [0, 0.05) is 24.2 Å². The van der Waals surface area contributed by atoms with Gasteiger partial charge in [0.15, 0.2) is 0 Å². The van der Waals surface area contributed by atoms with Gasteiger partial charge in [-0.2, -0.15) is 0 Å². The van der Waals surface area contributed by atoms with Crippen LogP contribution >= 0.6 is 15.9 Å². The van der Waals surface area contributed by atoms with E-state index in [1.165, 1.54) is 6.42 Å². The predicted molar refractivity (Wildman–Crippen MR) is 57.5 cm³/mol. The van der Waals surface area contributed by atoms with E-state index < -0.39 is 0 Å². The maximum atomic E-state index is 11.8. The van der Waals surface area contributed by atoms with Crippen LogP contribution < -0.4 is 0 Å². The molecule has 0 bridgehead atoms. The lowest BCUT2D eigenvalue weighted by atomic mass is 9.92. The van der Waals surface area contributed by atoms with Crippen molar-refractivity contribution in [3.8, 4) is 0 Å². The molecule has 0 aromatic heterocycles. The summed E-state index contributed by atoms with van der Waals surface area (Å²) in [4.78, 5) is 13.8. The van der Waals surface area contributed by atoms with Gasteiger partial charge in [0.2, 0.25) is 5.91 Å². The van der Waals surface area contributed by atoms with E-state index in [-0.39, 0.29) is 5.91 Å². The molecule has 0 aromatic carbocycles. The maximum absolute atomic E-state index is 11.8. The van der Waals surface area contributed by atoms with Crippen molar-refractivity contribution >= 4 is 21.8 Å². The van der Waals surface area contributed by atoms with Gasteiger partial charge in [0.05, 0.1) is 19.3 Å². The second-order valence-electron chi connectivity index (χ2n) is 4.03. The van der Waals surface area contributed by atoms with Crippen molar-refractivity contribution in [3.63, 3.8) is 0 Å². The van der Waals surface area contributed by atoms with Crippen LogP contribution in [0.1, 0.15) is 19.3 Å². The fraction of sp³-hybridized carbons (Fsp3) is 0.900. The summed E-state index contributed by atoms with van der Waals surface area (Å²) in [6.07, 6.45) is 2.98. The third kappa shape index (κ3) is 1.96. The second kappa shape index (κ2) is 4.62. The zero-order valence-electron chi connectivity index (χ0n) is 8.25. The summed E-state index contributed by atoms with van der Waals surface area (Å²) in [6, 6.07) is 0.371. The van der Waals surface area contributed by atoms with E-state index in [2.05, 4.69) is 15.9 Å². The second-order valence-corrected chi connectivity index (χ2v) is 4.83. The number of fused-ring (bicyclic) bond motifs is 1. The lowest BCUT2D eigenvalue weighted by Crippen LogP contribution is -2.48. The van der Waals surface area contributed by atoms with E-state index >= 15 is 0 Å². The number of halogens is 1. The van der Waals surface area contributed by atoms with Crippen molar-refractivity contribution in [2.75, 3.05) is 25.1 Å². The average Bonchev–Trinajstić information content (AvgIpc) is 2.65. The van der Waals surface area contributed by atoms with Crippen molar-refractivity contribution in [2.24, 2.45) is 5.92 Å². The minimum absolute atomic E-state index is 0.280. The Morgan fingerprint density at radius 2 is 2.36 bits per heavy atom. The Bertz CT molecular complexity index is 222. The molecule has 1 amide bonds. The minimum atomic E-state index is 0.280. The van der Waals surface area contributed by atoms with Crippen molar-refractivity contribution in [3.05, 3.63) is 0 Å². The van der Waals surface area contributed by atoms with Gasteiger partial charge < -0.3 is 9.64 Å². The number of piperidine rings is 1. The van der Waals surface area contributed by atoms with Crippen LogP contribution in [-0.2, 0) is 9.53 Å². The number of likely N-dealkylation sites (tertiary alicyclic amines) is 1. The highest BCUT2D eigenvalue weighted by Gasteiger charge is 2.37. The van der Waals surface area contributed by atoms with E-state index in [1.54, 1.807) is 0 Å². The number of carbonyl (C=O) groups is 1. The Kier molecular flexibility index (Phi) is 3.44. The Balaban J connectivity index is 1.99. The number of hydrogen-bond acceptors (Lipinski definition) is 2. The van der Waals surface area contributed by atoms with E-state index in [1.807, 2.05) is 4.90 Å². The molecule has 0 spiro atoms. The van der Waals surface area contributed by atoms with Crippen molar-refractivity contribution in [2.45, 2.75) is 25.3 Å². The summed E-state index contributed by atoms with van der Waals surface area (Å²) in [7, 11) is 0. The molecule has 3 nitrogen and oxygen atoms in total.